The predicted octanol–water partition coefficient (Wildman–Crippen LogP) is 3.06. The molecule has 0 aliphatic rings. The van der Waals surface area contributed by atoms with Crippen LogP contribution < -0.4 is 4.74 Å². The van der Waals surface area contributed by atoms with Gasteiger partial charge in [-0.25, -0.2) is 4.79 Å². The van der Waals surface area contributed by atoms with E-state index >= 15 is 0 Å². The third-order valence-electron chi connectivity index (χ3n) is 3.35. The minimum atomic E-state index is -0.988. The molecule has 0 fully saturated rings. The Labute approximate surface area is 123 Å². The topological polar surface area (TPSA) is 66.8 Å². The number of carboxylic acid groups (broad SMARTS) is 1. The number of aliphatic carboxylic acids is 1. The van der Waals surface area contributed by atoms with E-state index < -0.39 is 5.97 Å². The highest BCUT2D eigenvalue weighted by atomic mass is 16.5. The van der Waals surface area contributed by atoms with E-state index in [1.54, 1.807) is 12.1 Å². The third-order valence-corrected chi connectivity index (χ3v) is 3.35. The van der Waals surface area contributed by atoms with Gasteiger partial charge in [-0.05, 0) is 66.8 Å². The van der Waals surface area contributed by atoms with Gasteiger partial charge in [0.15, 0.2) is 6.61 Å². The highest BCUT2D eigenvalue weighted by Crippen LogP contribution is 2.25. The molecule has 2 aromatic rings. The van der Waals surface area contributed by atoms with E-state index in [4.69, 9.17) is 9.84 Å². The average Bonchev–Trinajstić information content (AvgIpc) is 2.42. The molecule has 0 aromatic heterocycles. The van der Waals surface area contributed by atoms with E-state index in [2.05, 4.69) is 0 Å². The van der Waals surface area contributed by atoms with E-state index in [0.29, 0.717) is 5.75 Å². The van der Waals surface area contributed by atoms with Crippen LogP contribution in [0.15, 0.2) is 36.4 Å². The van der Waals surface area contributed by atoms with Crippen molar-refractivity contribution in [2.24, 2.45) is 0 Å². The summed E-state index contributed by atoms with van der Waals surface area (Å²) in [6.45, 7) is 3.63. The van der Waals surface area contributed by atoms with Crippen LogP contribution in [0.2, 0.25) is 0 Å². The van der Waals surface area contributed by atoms with E-state index in [9.17, 15) is 9.90 Å². The fourth-order valence-corrected chi connectivity index (χ4v) is 2.28. The summed E-state index contributed by atoms with van der Waals surface area (Å²) in [5.74, 6) is -0.162. The summed E-state index contributed by atoms with van der Waals surface area (Å²) in [5, 5.41) is 17.9. The van der Waals surface area contributed by atoms with E-state index in [0.717, 1.165) is 23.1 Å². The Hall–Kier alpha value is -2.49. The van der Waals surface area contributed by atoms with Gasteiger partial charge in [0.05, 0.1) is 0 Å². The quantitative estimate of drug-likeness (QED) is 0.886. The molecule has 0 aliphatic carbocycles. The fraction of sp³-hybridized carbons (Fsp3) is 0.235. The summed E-state index contributed by atoms with van der Waals surface area (Å²) >= 11 is 0. The van der Waals surface area contributed by atoms with Gasteiger partial charge >= 0.3 is 5.97 Å². The number of aryl methyl sites for hydroxylation is 2. The Morgan fingerprint density at radius 1 is 1.10 bits per heavy atom. The maximum atomic E-state index is 10.5. The molecule has 2 rings (SSSR count). The number of rotatable bonds is 5. The number of carboxylic acids is 1. The SMILES string of the molecule is Cc1cc(OCC(=O)O)cc(C)c1Cc1ccc(O)cc1. The number of benzene rings is 2. The zero-order valence-corrected chi connectivity index (χ0v) is 12.1. The van der Waals surface area contributed by atoms with Gasteiger partial charge in [0.1, 0.15) is 11.5 Å². The van der Waals surface area contributed by atoms with Crippen LogP contribution >= 0.6 is 0 Å². The lowest BCUT2D eigenvalue weighted by Crippen LogP contribution is -2.10. The maximum absolute atomic E-state index is 10.5. The van der Waals surface area contributed by atoms with Gasteiger partial charge in [-0.2, -0.15) is 0 Å². The Morgan fingerprint density at radius 3 is 2.19 bits per heavy atom. The van der Waals surface area contributed by atoms with Crippen molar-refractivity contribution in [3.63, 3.8) is 0 Å². The molecule has 0 radical (unpaired) electrons. The van der Waals surface area contributed by atoms with Crippen molar-refractivity contribution in [3.8, 4) is 11.5 Å². The van der Waals surface area contributed by atoms with Gasteiger partial charge in [-0.3, -0.25) is 0 Å². The first-order valence-electron chi connectivity index (χ1n) is 6.68. The minimum absolute atomic E-state index is 0.254. The van der Waals surface area contributed by atoms with Crippen molar-refractivity contribution in [1.29, 1.82) is 0 Å². The highest BCUT2D eigenvalue weighted by molar-refractivity contribution is 5.68. The van der Waals surface area contributed by atoms with Crippen molar-refractivity contribution in [2.75, 3.05) is 6.61 Å². The zero-order valence-electron chi connectivity index (χ0n) is 12.1. The lowest BCUT2D eigenvalue weighted by atomic mass is 9.96. The molecule has 0 saturated heterocycles. The first kappa shape index (κ1) is 14.9. The monoisotopic (exact) mass is 286 g/mol. The van der Waals surface area contributed by atoms with Crippen LogP contribution in [0.4, 0.5) is 0 Å². The third kappa shape index (κ3) is 3.99. The number of ether oxygens (including phenoxy) is 1. The lowest BCUT2D eigenvalue weighted by molar-refractivity contribution is -0.139. The molecular formula is C17H18O4. The van der Waals surface area contributed by atoms with E-state index in [1.807, 2.05) is 38.1 Å². The number of hydrogen-bond acceptors (Lipinski definition) is 3. The number of phenols is 1. The first-order valence-corrected chi connectivity index (χ1v) is 6.68. The van der Waals surface area contributed by atoms with Crippen LogP contribution in [-0.4, -0.2) is 22.8 Å². The molecule has 0 bridgehead atoms. The minimum Gasteiger partial charge on any atom is -0.508 e. The molecule has 0 unspecified atom stereocenters. The number of aromatic hydroxyl groups is 1. The highest BCUT2D eigenvalue weighted by Gasteiger charge is 2.08. The van der Waals surface area contributed by atoms with Gasteiger partial charge < -0.3 is 14.9 Å². The molecule has 110 valence electrons. The maximum Gasteiger partial charge on any atom is 0.341 e. The molecule has 0 aliphatic heterocycles. The van der Waals surface area contributed by atoms with Gasteiger partial charge in [0.2, 0.25) is 0 Å². The largest absolute Gasteiger partial charge is 0.508 e. The fourth-order valence-electron chi connectivity index (χ4n) is 2.28. The Balaban J connectivity index is 2.20. The number of hydrogen-bond donors (Lipinski definition) is 2. The first-order chi connectivity index (χ1) is 9.95. The molecule has 0 atom stereocenters. The summed E-state index contributed by atoms with van der Waals surface area (Å²) in [7, 11) is 0. The smallest absolute Gasteiger partial charge is 0.341 e. The van der Waals surface area contributed by atoms with Crippen LogP contribution in [0.3, 0.4) is 0 Å². The second-order valence-corrected chi connectivity index (χ2v) is 5.06. The number of phenolic OH excluding ortho intramolecular Hbond substituents is 1. The van der Waals surface area contributed by atoms with Crippen LogP contribution in [0.25, 0.3) is 0 Å². The second-order valence-electron chi connectivity index (χ2n) is 5.06. The molecule has 2 N–H and O–H groups in total. The molecule has 4 nitrogen and oxygen atoms in total. The van der Waals surface area contributed by atoms with Crippen LogP contribution in [0.5, 0.6) is 11.5 Å². The van der Waals surface area contributed by atoms with E-state index in [-0.39, 0.29) is 12.4 Å². The van der Waals surface area contributed by atoms with Gasteiger partial charge in [-0.1, -0.05) is 12.1 Å². The molecule has 0 spiro atoms. The predicted molar refractivity (Wildman–Crippen MR) is 80.0 cm³/mol. The molecule has 21 heavy (non-hydrogen) atoms. The summed E-state index contributed by atoms with van der Waals surface area (Å²) in [6.07, 6.45) is 0.761. The molecular weight excluding hydrogens is 268 g/mol. The second kappa shape index (κ2) is 6.31. The normalized spacial score (nSPS) is 10.4. The van der Waals surface area contributed by atoms with Crippen molar-refractivity contribution >= 4 is 5.97 Å². The summed E-state index contributed by atoms with van der Waals surface area (Å²) in [6, 6.07) is 10.8. The van der Waals surface area contributed by atoms with Crippen molar-refractivity contribution in [2.45, 2.75) is 20.3 Å². The van der Waals surface area contributed by atoms with E-state index in [1.165, 1.54) is 5.56 Å². The van der Waals surface area contributed by atoms with Crippen molar-refractivity contribution in [3.05, 3.63) is 58.7 Å². The molecule has 0 heterocycles. The Morgan fingerprint density at radius 2 is 1.67 bits per heavy atom. The van der Waals surface area contributed by atoms with Crippen molar-refractivity contribution < 1.29 is 19.7 Å². The summed E-state index contributed by atoms with van der Waals surface area (Å²) < 4.78 is 5.22. The van der Waals surface area contributed by atoms with Crippen LogP contribution in [0, 0.1) is 13.8 Å². The number of carbonyl (C=O) groups is 1. The zero-order chi connectivity index (χ0) is 15.4. The van der Waals surface area contributed by atoms with Crippen LogP contribution in [-0.2, 0) is 11.2 Å². The average molecular weight is 286 g/mol. The van der Waals surface area contributed by atoms with Crippen molar-refractivity contribution in [1.82, 2.24) is 0 Å². The Kier molecular flexibility index (Phi) is 4.48. The Bertz CT molecular complexity index is 621. The van der Waals surface area contributed by atoms with Gasteiger partial charge in [0.25, 0.3) is 0 Å². The van der Waals surface area contributed by atoms with Gasteiger partial charge in [0, 0.05) is 0 Å². The molecule has 4 heteroatoms. The molecule has 0 amide bonds. The summed E-state index contributed by atoms with van der Waals surface area (Å²) in [4.78, 5) is 10.5. The molecule has 2 aromatic carbocycles. The summed E-state index contributed by atoms with van der Waals surface area (Å²) in [5.41, 5.74) is 4.41. The standard InChI is InChI=1S/C17H18O4/c1-11-7-15(21-10-17(19)20)8-12(2)16(11)9-13-3-5-14(18)6-4-13/h3-8,18H,9-10H2,1-2H3,(H,19,20). The van der Waals surface area contributed by atoms with Gasteiger partial charge in [-0.15, -0.1) is 0 Å². The van der Waals surface area contributed by atoms with Crippen LogP contribution in [0.1, 0.15) is 22.3 Å². The lowest BCUT2D eigenvalue weighted by Gasteiger charge is -2.13. The molecule has 0 saturated carbocycles.